The molecule has 13 nitrogen and oxygen atoms in total. The Morgan fingerprint density at radius 3 is 2.06 bits per heavy atom. The van der Waals surface area contributed by atoms with E-state index < -0.39 is 65.0 Å². The SMILES string of the molecule is CCC[C@H](NC(=O)[C@@H]1[C@H]2CCC[C@H]2CN1C(=O)[C@@H](NC(=O)C(NC(=O)[C@@H](C)NC(=O)CC)C1CCCCC1)C(C)(C)C)C(=O)C(=O)NC1CC1. The molecule has 1 heterocycles. The third-order valence-electron chi connectivity index (χ3n) is 11.0. The number of nitrogens with one attached hydrogen (secondary N) is 5. The number of fused-ring (bicyclic) bond motifs is 1. The van der Waals surface area contributed by atoms with Gasteiger partial charge in [-0.05, 0) is 75.0 Å². The van der Waals surface area contributed by atoms with Crippen LogP contribution in [0, 0.1) is 23.2 Å². The van der Waals surface area contributed by atoms with Crippen LogP contribution in [0.2, 0.25) is 0 Å². The Balaban J connectivity index is 1.55. The van der Waals surface area contributed by atoms with Crippen LogP contribution in [0.25, 0.3) is 0 Å². The van der Waals surface area contributed by atoms with Crippen LogP contribution < -0.4 is 26.6 Å². The molecule has 50 heavy (non-hydrogen) atoms. The molecule has 3 aliphatic carbocycles. The summed E-state index contributed by atoms with van der Waals surface area (Å²) in [6.45, 7) is 11.1. The highest BCUT2D eigenvalue weighted by Crippen LogP contribution is 2.43. The van der Waals surface area contributed by atoms with E-state index in [0.717, 1.165) is 64.2 Å². The maximum Gasteiger partial charge on any atom is 0.289 e. The number of ketones is 1. The average Bonchev–Trinajstić information content (AvgIpc) is 3.64. The second kappa shape index (κ2) is 17.1. The summed E-state index contributed by atoms with van der Waals surface area (Å²) in [5.74, 6) is -3.54. The first-order valence-corrected chi connectivity index (χ1v) is 19.0. The molecule has 0 aromatic rings. The minimum atomic E-state index is -1.01. The molecular weight excluding hydrogens is 640 g/mol. The standard InChI is InChI=1S/C37H60N6O7/c1-7-13-26(30(45)35(49)39-24-18-19-24)40-34(48)29-25-17-12-16-23(25)20-43(29)36(50)31(37(4,5)6)42-33(47)28(22-14-10-9-11-15-22)41-32(46)21(3)38-27(44)8-2/h21-26,28-29,31H,7-20H2,1-6H3,(H,38,44)(H,39,49)(H,40,48)(H,41,46)(H,42,47)/t21-,23+,25+,26+,28?,29+,31-/m1/s1. The number of carbonyl (C=O) groups excluding carboxylic acids is 7. The molecule has 0 bridgehead atoms. The van der Waals surface area contributed by atoms with Crippen molar-refractivity contribution in [2.75, 3.05) is 6.54 Å². The molecule has 5 N–H and O–H groups in total. The van der Waals surface area contributed by atoms with Gasteiger partial charge in [-0.3, -0.25) is 33.6 Å². The number of carbonyl (C=O) groups is 7. The van der Waals surface area contributed by atoms with Gasteiger partial charge in [0.15, 0.2) is 0 Å². The predicted octanol–water partition coefficient (Wildman–Crippen LogP) is 2.26. The summed E-state index contributed by atoms with van der Waals surface area (Å²) in [4.78, 5) is 95.4. The summed E-state index contributed by atoms with van der Waals surface area (Å²) < 4.78 is 0. The molecule has 1 aliphatic heterocycles. The Labute approximate surface area is 296 Å². The zero-order valence-corrected chi connectivity index (χ0v) is 30.9. The first kappa shape index (κ1) is 39.3. The molecule has 1 saturated heterocycles. The van der Waals surface area contributed by atoms with E-state index >= 15 is 0 Å². The number of hydrogen-bond acceptors (Lipinski definition) is 7. The molecule has 4 fully saturated rings. The Hall–Kier alpha value is -3.51. The smallest absolute Gasteiger partial charge is 0.289 e. The molecule has 1 unspecified atom stereocenters. The number of Topliss-reactive ketones (excluding diaryl/α,β-unsaturated/α-hetero) is 1. The zero-order valence-electron chi connectivity index (χ0n) is 30.9. The van der Waals surface area contributed by atoms with Crippen LogP contribution in [0.3, 0.4) is 0 Å². The lowest BCUT2D eigenvalue weighted by Crippen LogP contribution is -2.63. The van der Waals surface area contributed by atoms with Crippen LogP contribution in [0.5, 0.6) is 0 Å². The first-order chi connectivity index (χ1) is 23.7. The van der Waals surface area contributed by atoms with Gasteiger partial charge >= 0.3 is 0 Å². The molecule has 7 atom stereocenters. The van der Waals surface area contributed by atoms with Crippen molar-refractivity contribution in [2.24, 2.45) is 23.2 Å². The lowest BCUT2D eigenvalue weighted by molar-refractivity contribution is -0.146. The van der Waals surface area contributed by atoms with E-state index in [1.807, 2.05) is 27.7 Å². The zero-order chi connectivity index (χ0) is 36.7. The molecule has 0 spiro atoms. The third kappa shape index (κ3) is 9.84. The van der Waals surface area contributed by atoms with E-state index in [1.54, 1.807) is 18.7 Å². The monoisotopic (exact) mass is 700 g/mol. The van der Waals surface area contributed by atoms with E-state index in [0.29, 0.717) is 19.4 Å². The van der Waals surface area contributed by atoms with E-state index in [2.05, 4.69) is 26.6 Å². The van der Waals surface area contributed by atoms with E-state index in [-0.39, 0.29) is 42.0 Å². The van der Waals surface area contributed by atoms with Crippen molar-refractivity contribution in [2.45, 2.75) is 161 Å². The second-order valence-electron chi connectivity index (χ2n) is 16.1. The van der Waals surface area contributed by atoms with Crippen molar-refractivity contribution in [3.63, 3.8) is 0 Å². The third-order valence-corrected chi connectivity index (χ3v) is 11.0. The van der Waals surface area contributed by atoms with Crippen molar-refractivity contribution in [1.29, 1.82) is 0 Å². The number of hydrogen-bond donors (Lipinski definition) is 5. The van der Waals surface area contributed by atoms with Crippen LogP contribution in [-0.4, -0.2) is 88.9 Å². The van der Waals surface area contributed by atoms with Gasteiger partial charge in [-0.15, -0.1) is 0 Å². The Morgan fingerprint density at radius 1 is 0.780 bits per heavy atom. The van der Waals surface area contributed by atoms with E-state index in [9.17, 15) is 33.6 Å². The molecule has 13 heteroatoms. The highest BCUT2D eigenvalue weighted by Gasteiger charge is 2.52. The van der Waals surface area contributed by atoms with Crippen LogP contribution >= 0.6 is 0 Å². The molecule has 0 aromatic heterocycles. The van der Waals surface area contributed by atoms with Gasteiger partial charge in [0.2, 0.25) is 35.3 Å². The topological polar surface area (TPSA) is 183 Å². The van der Waals surface area contributed by atoms with Crippen LogP contribution in [0.1, 0.15) is 125 Å². The minimum Gasteiger partial charge on any atom is -0.347 e. The van der Waals surface area contributed by atoms with Gasteiger partial charge < -0.3 is 31.5 Å². The lowest BCUT2D eigenvalue weighted by atomic mass is 9.82. The summed E-state index contributed by atoms with van der Waals surface area (Å²) in [5.41, 5.74) is -0.753. The molecule has 4 aliphatic rings. The van der Waals surface area contributed by atoms with Crippen LogP contribution in [0.4, 0.5) is 0 Å². The Morgan fingerprint density at radius 2 is 1.46 bits per heavy atom. The summed E-state index contributed by atoms with van der Waals surface area (Å²) in [6.07, 6.45) is 9.71. The molecule has 3 saturated carbocycles. The Kier molecular flexibility index (Phi) is 13.5. The van der Waals surface area contributed by atoms with Crippen molar-refractivity contribution in [3.05, 3.63) is 0 Å². The second-order valence-corrected chi connectivity index (χ2v) is 16.1. The predicted molar refractivity (Wildman–Crippen MR) is 187 cm³/mol. The van der Waals surface area contributed by atoms with Crippen molar-refractivity contribution < 1.29 is 33.6 Å². The minimum absolute atomic E-state index is 0.00696. The fraction of sp³-hybridized carbons (Fsp3) is 0.811. The number of nitrogens with zero attached hydrogens (tertiary/aromatic N) is 1. The van der Waals surface area contributed by atoms with Gasteiger partial charge in [0, 0.05) is 19.0 Å². The summed E-state index contributed by atoms with van der Waals surface area (Å²) >= 11 is 0. The fourth-order valence-corrected chi connectivity index (χ4v) is 7.92. The molecular formula is C37H60N6O7. The van der Waals surface area contributed by atoms with Crippen molar-refractivity contribution in [1.82, 2.24) is 31.5 Å². The maximum absolute atomic E-state index is 14.6. The van der Waals surface area contributed by atoms with E-state index in [1.165, 1.54) is 0 Å². The van der Waals surface area contributed by atoms with E-state index in [4.69, 9.17) is 0 Å². The molecule has 280 valence electrons. The van der Waals surface area contributed by atoms with Crippen LogP contribution in [0.15, 0.2) is 0 Å². The largest absolute Gasteiger partial charge is 0.347 e. The van der Waals surface area contributed by atoms with Crippen molar-refractivity contribution in [3.8, 4) is 0 Å². The highest BCUT2D eigenvalue weighted by atomic mass is 16.2. The molecule has 0 radical (unpaired) electrons. The van der Waals surface area contributed by atoms with Gasteiger partial charge in [-0.1, -0.05) is 66.7 Å². The first-order valence-electron chi connectivity index (χ1n) is 19.0. The van der Waals surface area contributed by atoms with Gasteiger partial charge in [-0.25, -0.2) is 0 Å². The van der Waals surface area contributed by atoms with Gasteiger partial charge in [-0.2, -0.15) is 0 Å². The average molecular weight is 701 g/mol. The normalized spacial score (nSPS) is 24.6. The molecule has 6 amide bonds. The number of amides is 6. The summed E-state index contributed by atoms with van der Waals surface area (Å²) in [5, 5.41) is 14.1. The van der Waals surface area contributed by atoms with Crippen molar-refractivity contribution >= 4 is 41.2 Å². The summed E-state index contributed by atoms with van der Waals surface area (Å²) in [6, 6.07) is -4.58. The highest BCUT2D eigenvalue weighted by molar-refractivity contribution is 6.38. The van der Waals surface area contributed by atoms with Gasteiger partial charge in [0.05, 0.1) is 6.04 Å². The fourth-order valence-electron chi connectivity index (χ4n) is 7.92. The maximum atomic E-state index is 14.6. The van der Waals surface area contributed by atoms with Gasteiger partial charge in [0.1, 0.15) is 24.2 Å². The molecule has 4 rings (SSSR count). The lowest BCUT2D eigenvalue weighted by Gasteiger charge is -2.38. The number of likely N-dealkylation sites (tertiary alicyclic amines) is 1. The van der Waals surface area contributed by atoms with Crippen LogP contribution in [-0.2, 0) is 33.6 Å². The Bertz CT molecular complexity index is 1290. The quantitative estimate of drug-likeness (QED) is 0.162. The van der Waals surface area contributed by atoms with Gasteiger partial charge in [0.25, 0.3) is 5.91 Å². The molecule has 0 aromatic carbocycles. The number of rotatable bonds is 15. The summed E-state index contributed by atoms with van der Waals surface area (Å²) in [7, 11) is 0.